The molecule has 94 valence electrons. The second-order valence-corrected chi connectivity index (χ2v) is 5.78. The van der Waals surface area contributed by atoms with Gasteiger partial charge in [0.1, 0.15) is 5.82 Å². The van der Waals surface area contributed by atoms with E-state index in [1.807, 2.05) is 37.3 Å². The topological polar surface area (TPSA) is 12.0 Å². The van der Waals surface area contributed by atoms with Crippen molar-refractivity contribution in [2.45, 2.75) is 13.0 Å². The van der Waals surface area contributed by atoms with Crippen LogP contribution < -0.4 is 5.32 Å². The molecule has 1 nitrogen and oxygen atoms in total. The van der Waals surface area contributed by atoms with Gasteiger partial charge in [-0.2, -0.15) is 0 Å². The van der Waals surface area contributed by atoms with Crippen LogP contribution in [-0.2, 0) is 0 Å². The summed E-state index contributed by atoms with van der Waals surface area (Å²) < 4.78 is 15.5. The Labute approximate surface area is 123 Å². The summed E-state index contributed by atoms with van der Waals surface area (Å²) in [4.78, 5) is 0. The molecule has 0 bridgehead atoms. The minimum absolute atomic E-state index is 0.100. The molecule has 0 aromatic heterocycles. The van der Waals surface area contributed by atoms with Crippen LogP contribution in [-0.4, -0.2) is 0 Å². The first kappa shape index (κ1) is 13.6. The van der Waals surface area contributed by atoms with Gasteiger partial charge in [-0.05, 0) is 47.1 Å². The van der Waals surface area contributed by atoms with Crippen LogP contribution in [0.2, 0.25) is 0 Å². The van der Waals surface area contributed by atoms with Gasteiger partial charge in [-0.3, -0.25) is 0 Å². The van der Waals surface area contributed by atoms with Crippen LogP contribution in [0.3, 0.4) is 0 Å². The number of benzene rings is 2. The molecular formula is C14H12Br2FN. The second kappa shape index (κ2) is 5.85. The van der Waals surface area contributed by atoms with Crippen molar-refractivity contribution in [2.24, 2.45) is 0 Å². The molecule has 2 rings (SSSR count). The summed E-state index contributed by atoms with van der Waals surface area (Å²) in [5.74, 6) is -0.212. The minimum atomic E-state index is -0.212. The number of rotatable bonds is 3. The number of hydrogen-bond donors (Lipinski definition) is 1. The van der Waals surface area contributed by atoms with Crippen molar-refractivity contribution in [3.05, 3.63) is 62.8 Å². The maximum absolute atomic E-state index is 13.8. The second-order valence-electron chi connectivity index (χ2n) is 4.01. The monoisotopic (exact) mass is 371 g/mol. The molecule has 0 aliphatic heterocycles. The molecule has 1 atom stereocenters. The number of anilines is 1. The molecule has 0 radical (unpaired) electrons. The Morgan fingerprint density at radius 1 is 1.11 bits per heavy atom. The zero-order valence-electron chi connectivity index (χ0n) is 9.75. The molecular weight excluding hydrogens is 361 g/mol. The van der Waals surface area contributed by atoms with Crippen LogP contribution in [0.4, 0.5) is 10.1 Å². The van der Waals surface area contributed by atoms with E-state index >= 15 is 0 Å². The summed E-state index contributed by atoms with van der Waals surface area (Å²) in [5.41, 5.74) is 1.60. The zero-order valence-corrected chi connectivity index (χ0v) is 12.9. The molecule has 4 heteroatoms. The van der Waals surface area contributed by atoms with Crippen molar-refractivity contribution >= 4 is 37.5 Å². The summed E-state index contributed by atoms with van der Waals surface area (Å²) in [6.45, 7) is 1.94. The van der Waals surface area contributed by atoms with Gasteiger partial charge in [0, 0.05) is 20.2 Å². The summed E-state index contributed by atoms with van der Waals surface area (Å²) in [5, 5.41) is 3.28. The highest BCUT2D eigenvalue weighted by Crippen LogP contribution is 2.28. The van der Waals surface area contributed by atoms with E-state index in [0.29, 0.717) is 5.56 Å². The highest BCUT2D eigenvalue weighted by molar-refractivity contribution is 9.10. The molecule has 18 heavy (non-hydrogen) atoms. The molecule has 0 spiro atoms. The average Bonchev–Trinajstić information content (AvgIpc) is 2.32. The number of para-hydroxylation sites is 1. The fourth-order valence-electron chi connectivity index (χ4n) is 1.74. The first-order valence-corrected chi connectivity index (χ1v) is 7.12. The lowest BCUT2D eigenvalue weighted by Gasteiger charge is -2.17. The predicted molar refractivity (Wildman–Crippen MR) is 80.3 cm³/mol. The van der Waals surface area contributed by atoms with E-state index in [-0.39, 0.29) is 11.9 Å². The number of nitrogens with one attached hydrogen (secondary N) is 1. The lowest BCUT2D eigenvalue weighted by molar-refractivity contribution is 0.599. The summed E-state index contributed by atoms with van der Waals surface area (Å²) in [6.07, 6.45) is 0. The van der Waals surface area contributed by atoms with Crippen molar-refractivity contribution in [3.63, 3.8) is 0 Å². The van der Waals surface area contributed by atoms with E-state index in [1.165, 1.54) is 6.07 Å². The normalized spacial score (nSPS) is 12.2. The highest BCUT2D eigenvalue weighted by atomic mass is 79.9. The zero-order chi connectivity index (χ0) is 13.1. The van der Waals surface area contributed by atoms with Gasteiger partial charge in [0.2, 0.25) is 0 Å². The fraction of sp³-hybridized carbons (Fsp3) is 0.143. The number of halogens is 3. The van der Waals surface area contributed by atoms with Gasteiger partial charge in [-0.25, -0.2) is 4.39 Å². The molecule has 2 aromatic carbocycles. The summed E-state index contributed by atoms with van der Waals surface area (Å²) in [7, 11) is 0. The van der Waals surface area contributed by atoms with Crippen LogP contribution in [0, 0.1) is 5.82 Å². The molecule has 0 fully saturated rings. The summed E-state index contributed by atoms with van der Waals surface area (Å²) >= 11 is 6.72. The SMILES string of the molecule is CC(Nc1ccccc1Br)c1ccc(Br)cc1F. The van der Waals surface area contributed by atoms with E-state index in [4.69, 9.17) is 0 Å². The lowest BCUT2D eigenvalue weighted by Crippen LogP contribution is -2.08. The average molecular weight is 373 g/mol. The Morgan fingerprint density at radius 3 is 2.50 bits per heavy atom. The minimum Gasteiger partial charge on any atom is -0.377 e. The maximum Gasteiger partial charge on any atom is 0.129 e. The first-order valence-electron chi connectivity index (χ1n) is 5.54. The van der Waals surface area contributed by atoms with E-state index in [9.17, 15) is 4.39 Å². The van der Waals surface area contributed by atoms with Crippen molar-refractivity contribution in [3.8, 4) is 0 Å². The third-order valence-corrected chi connectivity index (χ3v) is 3.86. The van der Waals surface area contributed by atoms with E-state index in [0.717, 1.165) is 14.6 Å². The Bertz CT molecular complexity index is 557. The van der Waals surface area contributed by atoms with Crippen molar-refractivity contribution in [1.29, 1.82) is 0 Å². The molecule has 0 heterocycles. The number of hydrogen-bond acceptors (Lipinski definition) is 1. The molecule has 1 N–H and O–H groups in total. The van der Waals surface area contributed by atoms with Crippen LogP contribution in [0.15, 0.2) is 51.4 Å². The first-order chi connectivity index (χ1) is 8.58. The quantitative estimate of drug-likeness (QED) is 0.747. The van der Waals surface area contributed by atoms with E-state index in [1.54, 1.807) is 6.07 Å². The largest absolute Gasteiger partial charge is 0.377 e. The third-order valence-electron chi connectivity index (χ3n) is 2.67. The third kappa shape index (κ3) is 3.12. The Kier molecular flexibility index (Phi) is 4.40. The van der Waals surface area contributed by atoms with Gasteiger partial charge >= 0.3 is 0 Å². The van der Waals surface area contributed by atoms with Gasteiger partial charge < -0.3 is 5.32 Å². The van der Waals surface area contributed by atoms with Crippen molar-refractivity contribution in [1.82, 2.24) is 0 Å². The molecule has 1 unspecified atom stereocenters. The van der Waals surface area contributed by atoms with Crippen LogP contribution in [0.5, 0.6) is 0 Å². The van der Waals surface area contributed by atoms with Gasteiger partial charge in [0.25, 0.3) is 0 Å². The van der Waals surface area contributed by atoms with Gasteiger partial charge in [-0.15, -0.1) is 0 Å². The van der Waals surface area contributed by atoms with Gasteiger partial charge in [0.15, 0.2) is 0 Å². The van der Waals surface area contributed by atoms with Gasteiger partial charge in [0.05, 0.1) is 6.04 Å². The predicted octanol–water partition coefficient (Wildman–Crippen LogP) is 5.52. The smallest absolute Gasteiger partial charge is 0.129 e. The summed E-state index contributed by atoms with van der Waals surface area (Å²) in [6, 6.07) is 12.8. The molecule has 0 aliphatic carbocycles. The standard InChI is InChI=1S/C14H12Br2FN/c1-9(11-7-6-10(15)8-13(11)17)18-14-5-3-2-4-12(14)16/h2-9,18H,1H3. The maximum atomic E-state index is 13.8. The highest BCUT2D eigenvalue weighted by Gasteiger charge is 2.11. The van der Waals surface area contributed by atoms with Crippen molar-refractivity contribution in [2.75, 3.05) is 5.32 Å². The Balaban J connectivity index is 2.22. The van der Waals surface area contributed by atoms with E-state index < -0.39 is 0 Å². The lowest BCUT2D eigenvalue weighted by atomic mass is 10.1. The fourth-order valence-corrected chi connectivity index (χ4v) is 2.47. The van der Waals surface area contributed by atoms with Gasteiger partial charge in [-0.1, -0.05) is 34.1 Å². The molecule has 2 aromatic rings. The van der Waals surface area contributed by atoms with Crippen LogP contribution in [0.25, 0.3) is 0 Å². The Hall–Kier alpha value is -0.870. The molecule has 0 saturated carbocycles. The molecule has 0 saturated heterocycles. The van der Waals surface area contributed by atoms with Crippen molar-refractivity contribution < 1.29 is 4.39 Å². The van der Waals surface area contributed by atoms with E-state index in [2.05, 4.69) is 37.2 Å². The molecule has 0 amide bonds. The Morgan fingerprint density at radius 2 is 1.83 bits per heavy atom. The molecule has 0 aliphatic rings. The van der Waals surface area contributed by atoms with Crippen LogP contribution >= 0.6 is 31.9 Å². The van der Waals surface area contributed by atoms with Crippen LogP contribution in [0.1, 0.15) is 18.5 Å².